The molecule has 0 spiro atoms. The lowest BCUT2D eigenvalue weighted by molar-refractivity contribution is 0.246. The van der Waals surface area contributed by atoms with Crippen LogP contribution in [-0.4, -0.2) is 37.2 Å². The molecule has 2 fully saturated rings. The number of hydrogen-bond donors (Lipinski definition) is 1. The maximum atomic E-state index is 12.0. The van der Waals surface area contributed by atoms with Crippen LogP contribution in [0.3, 0.4) is 0 Å². The summed E-state index contributed by atoms with van der Waals surface area (Å²) in [5, 5.41) is 0. The summed E-state index contributed by atoms with van der Waals surface area (Å²) >= 11 is 5.83. The van der Waals surface area contributed by atoms with E-state index in [-0.39, 0.29) is 5.54 Å². The molecule has 1 aliphatic heterocycles. The van der Waals surface area contributed by atoms with Crippen molar-refractivity contribution in [3.8, 4) is 0 Å². The summed E-state index contributed by atoms with van der Waals surface area (Å²) in [7, 11) is -3.29. The zero-order chi connectivity index (χ0) is 10.9. The normalized spacial score (nSPS) is 26.5. The van der Waals surface area contributed by atoms with Gasteiger partial charge in [-0.15, -0.1) is 11.6 Å². The van der Waals surface area contributed by atoms with E-state index in [1.807, 2.05) is 0 Å². The van der Waals surface area contributed by atoms with Gasteiger partial charge in [0.25, 0.3) is 10.2 Å². The summed E-state index contributed by atoms with van der Waals surface area (Å²) in [6.45, 7) is 1.29. The van der Waals surface area contributed by atoms with Gasteiger partial charge in [-0.25, -0.2) is 0 Å². The molecule has 2 rings (SSSR count). The van der Waals surface area contributed by atoms with E-state index in [1.54, 1.807) is 0 Å². The Morgan fingerprint density at radius 3 is 2.20 bits per heavy atom. The zero-order valence-electron chi connectivity index (χ0n) is 8.71. The topological polar surface area (TPSA) is 49.4 Å². The summed E-state index contributed by atoms with van der Waals surface area (Å²) < 4.78 is 28.2. The fourth-order valence-electron chi connectivity index (χ4n) is 2.13. The Morgan fingerprint density at radius 2 is 1.80 bits per heavy atom. The molecule has 2 aliphatic rings. The first kappa shape index (κ1) is 11.6. The summed E-state index contributed by atoms with van der Waals surface area (Å²) in [4.78, 5) is 0. The van der Waals surface area contributed by atoms with Crippen molar-refractivity contribution in [3.05, 3.63) is 0 Å². The summed E-state index contributed by atoms with van der Waals surface area (Å²) in [5.74, 6) is 0.375. The van der Waals surface area contributed by atoms with Crippen molar-refractivity contribution < 1.29 is 8.42 Å². The number of hydrogen-bond acceptors (Lipinski definition) is 2. The predicted octanol–water partition coefficient (Wildman–Crippen LogP) is 1.08. The standard InChI is InChI=1S/C9H17ClN2O2S/c10-8-9(4-3-5-9)11-15(13,14)12-6-1-2-7-12/h11H,1-8H2. The van der Waals surface area contributed by atoms with E-state index in [1.165, 1.54) is 4.31 Å². The molecule has 0 aromatic rings. The van der Waals surface area contributed by atoms with Gasteiger partial charge in [-0.1, -0.05) is 0 Å². The third-order valence-electron chi connectivity index (χ3n) is 3.32. The van der Waals surface area contributed by atoms with E-state index < -0.39 is 10.2 Å². The summed E-state index contributed by atoms with van der Waals surface area (Å²) in [6.07, 6.45) is 4.73. The van der Waals surface area contributed by atoms with Crippen molar-refractivity contribution in [3.63, 3.8) is 0 Å². The minimum Gasteiger partial charge on any atom is -0.195 e. The molecule has 1 saturated heterocycles. The second kappa shape index (κ2) is 4.20. The molecule has 0 aromatic carbocycles. The van der Waals surface area contributed by atoms with Gasteiger partial charge in [0.05, 0.1) is 0 Å². The number of rotatable bonds is 4. The Bertz CT molecular complexity index is 315. The molecule has 6 heteroatoms. The summed E-state index contributed by atoms with van der Waals surface area (Å²) in [6, 6.07) is 0. The second-order valence-corrected chi connectivity index (χ2v) is 6.42. The average Bonchev–Trinajstić information content (AvgIpc) is 2.64. The Hall–Kier alpha value is 0.160. The lowest BCUT2D eigenvalue weighted by Crippen LogP contribution is -2.58. The average molecular weight is 253 g/mol. The quantitative estimate of drug-likeness (QED) is 0.762. The van der Waals surface area contributed by atoms with Crippen LogP contribution in [0.4, 0.5) is 0 Å². The van der Waals surface area contributed by atoms with Crippen LogP contribution in [0.25, 0.3) is 0 Å². The van der Waals surface area contributed by atoms with Gasteiger partial charge < -0.3 is 0 Å². The van der Waals surface area contributed by atoms with Crippen LogP contribution in [0, 0.1) is 0 Å². The lowest BCUT2D eigenvalue weighted by atomic mass is 9.79. The monoisotopic (exact) mass is 252 g/mol. The van der Waals surface area contributed by atoms with Gasteiger partial charge in [0.1, 0.15) is 0 Å². The van der Waals surface area contributed by atoms with Gasteiger partial charge in [-0.05, 0) is 32.1 Å². The minimum absolute atomic E-state index is 0.358. The molecule has 0 bridgehead atoms. The minimum atomic E-state index is -3.29. The van der Waals surface area contributed by atoms with Crippen molar-refractivity contribution in [2.24, 2.45) is 0 Å². The first-order chi connectivity index (χ1) is 7.08. The smallest absolute Gasteiger partial charge is 0.195 e. The van der Waals surface area contributed by atoms with Crippen LogP contribution in [0.5, 0.6) is 0 Å². The molecule has 4 nitrogen and oxygen atoms in total. The van der Waals surface area contributed by atoms with Gasteiger partial charge in [0.2, 0.25) is 0 Å². The number of halogens is 1. The highest BCUT2D eigenvalue weighted by molar-refractivity contribution is 7.87. The van der Waals surface area contributed by atoms with Crippen LogP contribution in [0.2, 0.25) is 0 Å². The highest BCUT2D eigenvalue weighted by atomic mass is 35.5. The van der Waals surface area contributed by atoms with Gasteiger partial charge in [0.15, 0.2) is 0 Å². The number of alkyl halides is 1. The van der Waals surface area contributed by atoms with Crippen molar-refractivity contribution in [1.29, 1.82) is 0 Å². The Morgan fingerprint density at radius 1 is 1.20 bits per heavy atom. The fraction of sp³-hybridized carbons (Fsp3) is 1.00. The number of nitrogens with one attached hydrogen (secondary N) is 1. The molecular formula is C9H17ClN2O2S. The van der Waals surface area contributed by atoms with Crippen LogP contribution >= 0.6 is 11.6 Å². The van der Waals surface area contributed by atoms with Gasteiger partial charge >= 0.3 is 0 Å². The first-order valence-corrected chi connectivity index (χ1v) is 7.40. The summed E-state index contributed by atoms with van der Waals surface area (Å²) in [5.41, 5.74) is -0.358. The molecular weight excluding hydrogens is 236 g/mol. The molecule has 1 aliphatic carbocycles. The lowest BCUT2D eigenvalue weighted by Gasteiger charge is -2.41. The molecule has 88 valence electrons. The molecule has 0 atom stereocenters. The van der Waals surface area contributed by atoms with E-state index in [0.29, 0.717) is 19.0 Å². The van der Waals surface area contributed by atoms with Crippen molar-refractivity contribution in [1.82, 2.24) is 9.03 Å². The predicted molar refractivity (Wildman–Crippen MR) is 60.2 cm³/mol. The van der Waals surface area contributed by atoms with E-state index in [0.717, 1.165) is 32.1 Å². The molecule has 15 heavy (non-hydrogen) atoms. The van der Waals surface area contributed by atoms with Crippen LogP contribution in [0.15, 0.2) is 0 Å². The van der Waals surface area contributed by atoms with Gasteiger partial charge in [0, 0.05) is 24.5 Å². The zero-order valence-corrected chi connectivity index (χ0v) is 10.3. The molecule has 0 unspecified atom stereocenters. The molecule has 0 amide bonds. The van der Waals surface area contributed by atoms with Crippen molar-refractivity contribution >= 4 is 21.8 Å². The van der Waals surface area contributed by atoms with E-state index in [4.69, 9.17) is 11.6 Å². The second-order valence-electron chi connectivity index (χ2n) is 4.48. The Labute approximate surface area is 96.2 Å². The molecule has 0 radical (unpaired) electrons. The SMILES string of the molecule is O=S(=O)(NC1(CCl)CCC1)N1CCCC1. The maximum Gasteiger partial charge on any atom is 0.279 e. The fourth-order valence-corrected chi connectivity index (χ4v) is 4.24. The third-order valence-corrected chi connectivity index (χ3v) is 5.56. The van der Waals surface area contributed by atoms with E-state index in [2.05, 4.69) is 4.72 Å². The van der Waals surface area contributed by atoms with E-state index >= 15 is 0 Å². The molecule has 0 aromatic heterocycles. The van der Waals surface area contributed by atoms with Gasteiger partial charge in [-0.3, -0.25) is 0 Å². The van der Waals surface area contributed by atoms with Crippen molar-refractivity contribution in [2.75, 3.05) is 19.0 Å². The highest BCUT2D eigenvalue weighted by Crippen LogP contribution is 2.34. The third kappa shape index (κ3) is 2.30. The molecule has 1 N–H and O–H groups in total. The van der Waals surface area contributed by atoms with Gasteiger partial charge in [-0.2, -0.15) is 17.4 Å². The van der Waals surface area contributed by atoms with E-state index in [9.17, 15) is 8.42 Å². The van der Waals surface area contributed by atoms with Crippen LogP contribution in [0.1, 0.15) is 32.1 Å². The first-order valence-electron chi connectivity index (χ1n) is 5.43. The highest BCUT2D eigenvalue weighted by Gasteiger charge is 2.41. The van der Waals surface area contributed by atoms with Crippen LogP contribution in [-0.2, 0) is 10.2 Å². The van der Waals surface area contributed by atoms with Crippen LogP contribution < -0.4 is 4.72 Å². The molecule has 1 heterocycles. The Balaban J connectivity index is 2.03. The molecule has 1 saturated carbocycles. The Kier molecular flexibility index (Phi) is 3.26. The largest absolute Gasteiger partial charge is 0.279 e. The van der Waals surface area contributed by atoms with Crippen molar-refractivity contribution in [2.45, 2.75) is 37.6 Å². The number of nitrogens with zero attached hydrogens (tertiary/aromatic N) is 1. The maximum absolute atomic E-state index is 12.0.